The quantitative estimate of drug-likeness (QED) is 0.308. The van der Waals surface area contributed by atoms with E-state index in [2.05, 4.69) is 4.52 Å². The van der Waals surface area contributed by atoms with Crippen molar-refractivity contribution in [1.29, 1.82) is 0 Å². The van der Waals surface area contributed by atoms with Crippen molar-refractivity contribution >= 4 is 7.82 Å². The monoisotopic (exact) mass is 316 g/mol. The zero-order valence-electron chi connectivity index (χ0n) is 10.9. The lowest BCUT2D eigenvalue weighted by Crippen LogP contribution is -2.61. The van der Waals surface area contributed by atoms with Crippen molar-refractivity contribution in [2.45, 2.75) is 56.4 Å². The number of phosphoric ester groups is 1. The number of aliphatic hydroxyl groups excluding tert-OH is 4. The van der Waals surface area contributed by atoms with Crippen molar-refractivity contribution < 1.29 is 44.0 Å². The van der Waals surface area contributed by atoms with E-state index in [1.54, 1.807) is 0 Å². The van der Waals surface area contributed by atoms with Crippen molar-refractivity contribution in [2.75, 3.05) is 6.61 Å². The highest BCUT2D eigenvalue weighted by Crippen LogP contribution is 2.36. The van der Waals surface area contributed by atoms with Gasteiger partial charge in [-0.05, 0) is 6.42 Å². The largest absolute Gasteiger partial charge is 0.469 e. The minimum absolute atomic E-state index is 0.396. The molecule has 0 spiro atoms. The lowest BCUT2D eigenvalue weighted by Gasteiger charge is -2.42. The number of hydrogen-bond donors (Lipinski definition) is 6. The van der Waals surface area contributed by atoms with E-state index >= 15 is 0 Å². The first-order chi connectivity index (χ1) is 9.17. The fraction of sp³-hybridized carbons (Fsp3) is 1.00. The number of ether oxygens (including phenoxy) is 1. The van der Waals surface area contributed by atoms with Gasteiger partial charge in [0.1, 0.15) is 30.5 Å². The molecule has 0 aromatic carbocycles. The van der Waals surface area contributed by atoms with E-state index in [0.29, 0.717) is 12.8 Å². The van der Waals surface area contributed by atoms with E-state index in [1.807, 2.05) is 6.92 Å². The lowest BCUT2D eigenvalue weighted by atomic mass is 9.91. The van der Waals surface area contributed by atoms with Crippen molar-refractivity contribution in [3.05, 3.63) is 0 Å². The Balaban J connectivity index is 2.69. The Hall–Kier alpha value is -0.0900. The standard InChI is InChI=1S/C10H21O9P/c1-2-3-6-7(12)8(13)9(14)10(19-6)5(11)4-18-20(15,16)17/h5-14H,2-4H2,1H3,(H2,15,16,17)/t5-,6+,7-,8-,9+,10-/m1/s1. The molecule has 20 heavy (non-hydrogen) atoms. The molecule has 0 aliphatic carbocycles. The predicted octanol–water partition coefficient (Wildman–Crippen LogP) is -1.89. The molecule has 6 atom stereocenters. The molecule has 1 rings (SSSR count). The summed E-state index contributed by atoms with van der Waals surface area (Å²) >= 11 is 0. The molecule has 1 aliphatic heterocycles. The maximum absolute atomic E-state index is 10.6. The molecule has 0 saturated carbocycles. The molecule has 0 radical (unpaired) electrons. The zero-order chi connectivity index (χ0) is 15.5. The molecule has 1 fully saturated rings. The Morgan fingerprint density at radius 3 is 2.30 bits per heavy atom. The highest BCUT2D eigenvalue weighted by atomic mass is 31.2. The minimum atomic E-state index is -4.75. The van der Waals surface area contributed by atoms with Crippen LogP contribution in [-0.2, 0) is 13.8 Å². The molecule has 6 N–H and O–H groups in total. The summed E-state index contributed by atoms with van der Waals surface area (Å²) in [6.45, 7) is 1.06. The van der Waals surface area contributed by atoms with Crippen molar-refractivity contribution in [3.8, 4) is 0 Å². The molecule has 0 amide bonds. The smallest absolute Gasteiger partial charge is 0.388 e. The number of aliphatic hydroxyl groups is 4. The van der Waals surface area contributed by atoms with E-state index < -0.39 is 51.1 Å². The van der Waals surface area contributed by atoms with E-state index in [4.69, 9.17) is 14.5 Å². The molecule has 0 unspecified atom stereocenters. The first-order valence-electron chi connectivity index (χ1n) is 6.25. The molecular weight excluding hydrogens is 295 g/mol. The molecule has 9 nitrogen and oxygen atoms in total. The zero-order valence-corrected chi connectivity index (χ0v) is 11.8. The summed E-state index contributed by atoms with van der Waals surface area (Å²) < 4.78 is 20.0. The summed E-state index contributed by atoms with van der Waals surface area (Å²) in [6, 6.07) is 0. The van der Waals surface area contributed by atoms with Gasteiger partial charge in [-0.15, -0.1) is 0 Å². The molecule has 0 aromatic heterocycles. The van der Waals surface area contributed by atoms with E-state index in [1.165, 1.54) is 0 Å². The average Bonchev–Trinajstić information content (AvgIpc) is 2.36. The van der Waals surface area contributed by atoms with Crippen molar-refractivity contribution in [1.82, 2.24) is 0 Å². The van der Waals surface area contributed by atoms with Gasteiger partial charge in [0.2, 0.25) is 0 Å². The van der Waals surface area contributed by atoms with E-state index in [9.17, 15) is 25.0 Å². The molecule has 120 valence electrons. The highest BCUT2D eigenvalue weighted by molar-refractivity contribution is 7.46. The third kappa shape index (κ3) is 4.73. The summed E-state index contributed by atoms with van der Waals surface area (Å²) in [4.78, 5) is 17.1. The molecule has 1 heterocycles. The first-order valence-corrected chi connectivity index (χ1v) is 7.78. The van der Waals surface area contributed by atoms with Gasteiger partial charge in [-0.2, -0.15) is 0 Å². The fourth-order valence-electron chi connectivity index (χ4n) is 2.09. The van der Waals surface area contributed by atoms with Gasteiger partial charge in [-0.25, -0.2) is 4.57 Å². The van der Waals surface area contributed by atoms with Crippen LogP contribution in [0.1, 0.15) is 19.8 Å². The molecular formula is C10H21O9P. The molecule has 1 aliphatic rings. The van der Waals surface area contributed by atoms with E-state index in [0.717, 1.165) is 0 Å². The van der Waals surface area contributed by atoms with Crippen molar-refractivity contribution in [3.63, 3.8) is 0 Å². The minimum Gasteiger partial charge on any atom is -0.388 e. The lowest BCUT2D eigenvalue weighted by molar-refractivity contribution is -0.246. The number of phosphoric acid groups is 1. The Morgan fingerprint density at radius 2 is 1.80 bits per heavy atom. The second-order valence-electron chi connectivity index (χ2n) is 4.75. The van der Waals surface area contributed by atoms with Crippen LogP contribution in [0.2, 0.25) is 0 Å². The Morgan fingerprint density at radius 1 is 1.20 bits per heavy atom. The molecule has 0 bridgehead atoms. The molecule has 0 aromatic rings. The Labute approximate surface area is 116 Å². The third-order valence-corrected chi connectivity index (χ3v) is 3.60. The maximum atomic E-state index is 10.6. The summed E-state index contributed by atoms with van der Waals surface area (Å²) in [5.41, 5.74) is 0. The fourth-order valence-corrected chi connectivity index (χ4v) is 2.44. The van der Waals surface area contributed by atoms with Crippen LogP contribution in [0, 0.1) is 0 Å². The summed E-state index contributed by atoms with van der Waals surface area (Å²) in [5, 5.41) is 38.9. The van der Waals surface area contributed by atoms with Gasteiger partial charge in [-0.1, -0.05) is 13.3 Å². The van der Waals surface area contributed by atoms with Gasteiger partial charge in [0.05, 0.1) is 12.7 Å². The van der Waals surface area contributed by atoms with Crippen LogP contribution in [0.15, 0.2) is 0 Å². The van der Waals surface area contributed by atoms with Crippen molar-refractivity contribution in [2.24, 2.45) is 0 Å². The predicted molar refractivity (Wildman–Crippen MR) is 65.6 cm³/mol. The van der Waals surface area contributed by atoms with Gasteiger partial charge >= 0.3 is 7.82 Å². The van der Waals surface area contributed by atoms with Crippen LogP contribution in [0.3, 0.4) is 0 Å². The van der Waals surface area contributed by atoms with Crippen LogP contribution < -0.4 is 0 Å². The van der Waals surface area contributed by atoms with Crippen LogP contribution in [0.4, 0.5) is 0 Å². The third-order valence-electron chi connectivity index (χ3n) is 3.12. The normalized spacial score (nSPS) is 36.9. The number of hydrogen-bond acceptors (Lipinski definition) is 7. The van der Waals surface area contributed by atoms with E-state index in [-0.39, 0.29) is 0 Å². The van der Waals surface area contributed by atoms with Crippen LogP contribution in [0.5, 0.6) is 0 Å². The summed E-state index contributed by atoms with van der Waals surface area (Å²) in [5.74, 6) is 0. The first kappa shape index (κ1) is 18.0. The van der Waals surface area contributed by atoms with Gasteiger partial charge in [0.15, 0.2) is 0 Å². The summed E-state index contributed by atoms with van der Waals surface area (Å²) in [7, 11) is -4.75. The Bertz CT molecular complexity index is 346. The average molecular weight is 316 g/mol. The SMILES string of the molecule is CCC[C@@H]1O[C@H]([C@H](O)COP(=O)(O)O)[C@@H](O)[C@H](O)[C@@H]1O. The van der Waals surface area contributed by atoms with Crippen LogP contribution in [-0.4, -0.2) is 73.4 Å². The van der Waals surface area contributed by atoms with Gasteiger partial charge in [0, 0.05) is 0 Å². The second-order valence-corrected chi connectivity index (χ2v) is 5.99. The Kier molecular flexibility index (Phi) is 6.52. The topological polar surface area (TPSA) is 157 Å². The number of rotatable bonds is 6. The molecule has 1 saturated heterocycles. The van der Waals surface area contributed by atoms with Gasteiger partial charge in [-0.3, -0.25) is 4.52 Å². The summed E-state index contributed by atoms with van der Waals surface area (Å²) in [6.07, 6.45) is -7.01. The maximum Gasteiger partial charge on any atom is 0.469 e. The van der Waals surface area contributed by atoms with Gasteiger partial charge in [0.25, 0.3) is 0 Å². The van der Waals surface area contributed by atoms with Gasteiger partial charge < -0.3 is 34.9 Å². The van der Waals surface area contributed by atoms with Crippen LogP contribution in [0.25, 0.3) is 0 Å². The second kappa shape index (κ2) is 7.26. The highest BCUT2D eigenvalue weighted by Gasteiger charge is 2.46. The van der Waals surface area contributed by atoms with Crippen LogP contribution >= 0.6 is 7.82 Å². The molecule has 10 heteroatoms.